The summed E-state index contributed by atoms with van der Waals surface area (Å²) in [6.07, 6.45) is 2.97. The molecule has 130 valence electrons. The van der Waals surface area contributed by atoms with Gasteiger partial charge in [0.25, 0.3) is 11.8 Å². The molecule has 0 aliphatic heterocycles. The van der Waals surface area contributed by atoms with Crippen LogP contribution in [0.3, 0.4) is 0 Å². The Balaban J connectivity index is 2.07. The molecule has 2 N–H and O–H groups in total. The van der Waals surface area contributed by atoms with E-state index < -0.39 is 5.54 Å². The fourth-order valence-corrected chi connectivity index (χ4v) is 2.32. The van der Waals surface area contributed by atoms with Crippen LogP contribution in [-0.2, 0) is 0 Å². The lowest BCUT2D eigenvalue weighted by Crippen LogP contribution is -2.57. The van der Waals surface area contributed by atoms with Gasteiger partial charge in [-0.15, -0.1) is 0 Å². The van der Waals surface area contributed by atoms with Crippen molar-refractivity contribution in [3.8, 4) is 0 Å². The molecule has 0 fully saturated rings. The Bertz CT molecular complexity index is 729. The van der Waals surface area contributed by atoms with Gasteiger partial charge >= 0.3 is 0 Å². The van der Waals surface area contributed by atoms with Gasteiger partial charge in [-0.05, 0) is 38.8 Å². The monoisotopic (exact) mass is 332 g/mol. The number of carbonyl (C=O) groups is 2. The first-order valence-electron chi connectivity index (χ1n) is 7.93. The predicted molar refractivity (Wildman–Crippen MR) is 89.9 cm³/mol. The van der Waals surface area contributed by atoms with Crippen molar-refractivity contribution in [1.82, 2.24) is 10.6 Å². The lowest BCUT2D eigenvalue weighted by Gasteiger charge is -2.35. The van der Waals surface area contributed by atoms with Crippen LogP contribution in [0, 0.1) is 19.8 Å². The number of hydrogen-bond donors (Lipinski definition) is 2. The van der Waals surface area contributed by atoms with Crippen LogP contribution in [0.5, 0.6) is 0 Å². The van der Waals surface area contributed by atoms with E-state index in [1.54, 1.807) is 26.0 Å². The molecule has 6 heteroatoms. The average molecular weight is 332 g/mol. The quantitative estimate of drug-likeness (QED) is 0.851. The van der Waals surface area contributed by atoms with Crippen molar-refractivity contribution in [3.63, 3.8) is 0 Å². The molecule has 0 aromatic carbocycles. The molecule has 0 bridgehead atoms. The van der Waals surface area contributed by atoms with Crippen molar-refractivity contribution in [2.75, 3.05) is 6.54 Å². The highest BCUT2D eigenvalue weighted by Gasteiger charge is 2.32. The molecule has 0 spiro atoms. The van der Waals surface area contributed by atoms with E-state index in [-0.39, 0.29) is 17.7 Å². The molecular formula is C18H24N2O4. The lowest BCUT2D eigenvalue weighted by molar-refractivity contribution is 0.0841. The molecule has 0 radical (unpaired) electrons. The maximum atomic E-state index is 12.5. The van der Waals surface area contributed by atoms with Crippen molar-refractivity contribution in [2.24, 2.45) is 5.92 Å². The molecule has 2 heterocycles. The van der Waals surface area contributed by atoms with Gasteiger partial charge in [0.05, 0.1) is 29.2 Å². The van der Waals surface area contributed by atoms with E-state index in [9.17, 15) is 9.59 Å². The molecule has 24 heavy (non-hydrogen) atoms. The maximum absolute atomic E-state index is 12.5. The van der Waals surface area contributed by atoms with Crippen molar-refractivity contribution in [1.29, 1.82) is 0 Å². The van der Waals surface area contributed by atoms with E-state index in [0.29, 0.717) is 29.2 Å². The number of carbonyl (C=O) groups excluding carboxylic acids is 2. The molecule has 0 aliphatic carbocycles. The van der Waals surface area contributed by atoms with Crippen LogP contribution in [0.1, 0.15) is 53.0 Å². The summed E-state index contributed by atoms with van der Waals surface area (Å²) in [5, 5.41) is 5.89. The molecule has 1 atom stereocenters. The van der Waals surface area contributed by atoms with Crippen LogP contribution in [0.15, 0.2) is 33.5 Å². The smallest absolute Gasteiger partial charge is 0.255 e. The molecule has 2 rings (SSSR count). The number of nitrogens with one attached hydrogen (secondary N) is 2. The Morgan fingerprint density at radius 1 is 1.04 bits per heavy atom. The summed E-state index contributed by atoms with van der Waals surface area (Å²) >= 11 is 0. The van der Waals surface area contributed by atoms with Crippen LogP contribution in [0.25, 0.3) is 0 Å². The van der Waals surface area contributed by atoms with E-state index in [1.165, 1.54) is 12.5 Å². The number of furan rings is 2. The normalized spacial score (nSPS) is 13.6. The van der Waals surface area contributed by atoms with Crippen LogP contribution < -0.4 is 10.6 Å². The van der Waals surface area contributed by atoms with Crippen molar-refractivity contribution in [3.05, 3.63) is 47.3 Å². The standard InChI is InChI=1S/C18H24N2O4/c1-11(2)18(5,20-17(22)15-7-9-24-13(15)4)10-19-16(21)14-6-8-23-12(14)3/h6-9,11H,10H2,1-5H3,(H,19,21)(H,20,22)/t18-/m0/s1. The maximum Gasteiger partial charge on any atom is 0.255 e. The first kappa shape index (κ1) is 17.8. The molecular weight excluding hydrogens is 308 g/mol. The van der Waals surface area contributed by atoms with Crippen LogP contribution in [-0.4, -0.2) is 23.9 Å². The van der Waals surface area contributed by atoms with E-state index >= 15 is 0 Å². The largest absolute Gasteiger partial charge is 0.469 e. The summed E-state index contributed by atoms with van der Waals surface area (Å²) in [5.41, 5.74) is 0.394. The Morgan fingerprint density at radius 2 is 1.54 bits per heavy atom. The summed E-state index contributed by atoms with van der Waals surface area (Å²) in [6.45, 7) is 9.69. The van der Waals surface area contributed by atoms with Gasteiger partial charge in [-0.3, -0.25) is 9.59 Å². The van der Waals surface area contributed by atoms with Crippen molar-refractivity contribution < 1.29 is 18.4 Å². The fraction of sp³-hybridized carbons (Fsp3) is 0.444. The summed E-state index contributed by atoms with van der Waals surface area (Å²) in [7, 11) is 0. The highest BCUT2D eigenvalue weighted by Crippen LogP contribution is 2.18. The van der Waals surface area contributed by atoms with Gasteiger partial charge in [0.2, 0.25) is 0 Å². The highest BCUT2D eigenvalue weighted by molar-refractivity contribution is 5.96. The zero-order valence-electron chi connectivity index (χ0n) is 14.7. The molecule has 0 saturated heterocycles. The second kappa shape index (κ2) is 6.95. The Labute approximate surface area is 141 Å². The summed E-state index contributed by atoms with van der Waals surface area (Å²) < 4.78 is 10.3. The van der Waals surface area contributed by atoms with E-state index in [0.717, 1.165) is 0 Å². The van der Waals surface area contributed by atoms with Crippen molar-refractivity contribution in [2.45, 2.75) is 40.2 Å². The number of hydrogen-bond acceptors (Lipinski definition) is 4. The highest BCUT2D eigenvalue weighted by atomic mass is 16.3. The van der Waals surface area contributed by atoms with Gasteiger partial charge in [-0.2, -0.15) is 0 Å². The first-order valence-corrected chi connectivity index (χ1v) is 7.93. The first-order chi connectivity index (χ1) is 11.2. The molecule has 0 aliphatic rings. The zero-order valence-corrected chi connectivity index (χ0v) is 14.7. The van der Waals surface area contributed by atoms with Gasteiger partial charge in [0, 0.05) is 6.54 Å². The number of amides is 2. The lowest BCUT2D eigenvalue weighted by atomic mass is 9.87. The van der Waals surface area contributed by atoms with E-state index in [2.05, 4.69) is 10.6 Å². The Kier molecular flexibility index (Phi) is 5.17. The Hall–Kier alpha value is -2.50. The second-order valence-corrected chi connectivity index (χ2v) is 6.49. The molecule has 2 aromatic heterocycles. The van der Waals surface area contributed by atoms with Crippen LogP contribution >= 0.6 is 0 Å². The molecule has 6 nitrogen and oxygen atoms in total. The van der Waals surface area contributed by atoms with Gasteiger partial charge in [-0.1, -0.05) is 13.8 Å². The summed E-state index contributed by atoms with van der Waals surface area (Å²) in [6, 6.07) is 3.27. The van der Waals surface area contributed by atoms with Gasteiger partial charge in [0.1, 0.15) is 11.5 Å². The number of rotatable bonds is 6. The van der Waals surface area contributed by atoms with E-state index in [4.69, 9.17) is 8.83 Å². The third kappa shape index (κ3) is 3.69. The van der Waals surface area contributed by atoms with E-state index in [1.807, 2.05) is 20.8 Å². The minimum absolute atomic E-state index is 0.111. The third-order valence-corrected chi connectivity index (χ3v) is 4.50. The van der Waals surface area contributed by atoms with Gasteiger partial charge in [0.15, 0.2) is 0 Å². The van der Waals surface area contributed by atoms with Crippen LogP contribution in [0.2, 0.25) is 0 Å². The predicted octanol–water partition coefficient (Wildman–Crippen LogP) is 3.06. The zero-order chi connectivity index (χ0) is 17.9. The third-order valence-electron chi connectivity index (χ3n) is 4.50. The second-order valence-electron chi connectivity index (χ2n) is 6.49. The molecule has 0 saturated carbocycles. The van der Waals surface area contributed by atoms with Gasteiger partial charge in [-0.25, -0.2) is 0 Å². The summed E-state index contributed by atoms with van der Waals surface area (Å²) in [5.74, 6) is 0.806. The SMILES string of the molecule is Cc1occc1C(=O)NC[C@](C)(NC(=O)c1ccoc1C)C(C)C. The summed E-state index contributed by atoms with van der Waals surface area (Å²) in [4.78, 5) is 24.7. The Morgan fingerprint density at radius 3 is 1.96 bits per heavy atom. The molecule has 0 unspecified atom stereocenters. The number of aryl methyl sites for hydroxylation is 2. The minimum atomic E-state index is -0.603. The topological polar surface area (TPSA) is 84.5 Å². The van der Waals surface area contributed by atoms with Crippen LogP contribution in [0.4, 0.5) is 0 Å². The fourth-order valence-electron chi connectivity index (χ4n) is 2.32. The molecule has 2 aromatic rings. The van der Waals surface area contributed by atoms with Crippen molar-refractivity contribution >= 4 is 11.8 Å². The average Bonchev–Trinajstić information content (AvgIpc) is 3.13. The van der Waals surface area contributed by atoms with Gasteiger partial charge < -0.3 is 19.5 Å². The molecule has 2 amide bonds. The minimum Gasteiger partial charge on any atom is -0.469 e.